The van der Waals surface area contributed by atoms with Gasteiger partial charge in [-0.3, -0.25) is 4.79 Å². The van der Waals surface area contributed by atoms with Crippen molar-refractivity contribution in [3.05, 3.63) is 58.6 Å². The molecule has 0 aliphatic heterocycles. The highest BCUT2D eigenvalue weighted by Gasteiger charge is 2.33. The summed E-state index contributed by atoms with van der Waals surface area (Å²) in [5.74, 6) is -0.743. The number of rotatable bonds is 6. The summed E-state index contributed by atoms with van der Waals surface area (Å²) in [5, 5.41) is 1.84. The zero-order valence-electron chi connectivity index (χ0n) is 15.0. The molecule has 10 heteroatoms. The number of nitrogens with one attached hydrogen (secondary N) is 1. The smallest absolute Gasteiger partial charge is 0.322 e. The number of halogens is 4. The standard InChI is InChI=1S/C18H18ClF3N2O3S/c1-3-24(4-2)28(26,27)14-7-5-6-12(10-14)17(25)23-13-8-9-16(19)15(11-13)18(20,21)22/h5-11H,3-4H2,1-2H3,(H,23,25). The number of hydrogen-bond donors (Lipinski definition) is 1. The minimum Gasteiger partial charge on any atom is -0.322 e. The second-order valence-electron chi connectivity index (χ2n) is 5.76. The maximum atomic E-state index is 12.9. The number of carbonyl (C=O) groups excluding carboxylic acids is 1. The Morgan fingerprint density at radius 1 is 1.11 bits per heavy atom. The van der Waals surface area contributed by atoms with Crippen LogP contribution in [0.4, 0.5) is 18.9 Å². The highest BCUT2D eigenvalue weighted by Crippen LogP contribution is 2.36. The second-order valence-corrected chi connectivity index (χ2v) is 8.11. The summed E-state index contributed by atoms with van der Waals surface area (Å²) in [6, 6.07) is 8.29. The molecule has 2 aromatic carbocycles. The summed E-state index contributed by atoms with van der Waals surface area (Å²) in [5.41, 5.74) is -1.19. The molecule has 0 aliphatic carbocycles. The summed E-state index contributed by atoms with van der Waals surface area (Å²) in [7, 11) is -3.77. The molecule has 0 bridgehead atoms. The van der Waals surface area contributed by atoms with Crippen molar-refractivity contribution in [2.24, 2.45) is 0 Å². The molecular weight excluding hydrogens is 417 g/mol. The molecule has 2 rings (SSSR count). The summed E-state index contributed by atoms with van der Waals surface area (Å²) >= 11 is 5.56. The minimum absolute atomic E-state index is 0.00302. The maximum Gasteiger partial charge on any atom is 0.417 e. The Hall–Kier alpha value is -2.10. The lowest BCUT2D eigenvalue weighted by Gasteiger charge is -2.18. The largest absolute Gasteiger partial charge is 0.417 e. The van der Waals surface area contributed by atoms with E-state index in [-0.39, 0.29) is 29.2 Å². The highest BCUT2D eigenvalue weighted by molar-refractivity contribution is 7.89. The van der Waals surface area contributed by atoms with Crippen LogP contribution in [-0.4, -0.2) is 31.7 Å². The van der Waals surface area contributed by atoms with Crippen LogP contribution in [0.1, 0.15) is 29.8 Å². The maximum absolute atomic E-state index is 12.9. The topological polar surface area (TPSA) is 66.5 Å². The van der Waals surface area contributed by atoms with Gasteiger partial charge in [-0.05, 0) is 36.4 Å². The average molecular weight is 435 g/mol. The lowest BCUT2D eigenvalue weighted by molar-refractivity contribution is -0.137. The monoisotopic (exact) mass is 434 g/mol. The van der Waals surface area contributed by atoms with Gasteiger partial charge in [-0.2, -0.15) is 17.5 Å². The summed E-state index contributed by atoms with van der Waals surface area (Å²) in [6.07, 6.45) is -4.67. The number of amides is 1. The Morgan fingerprint density at radius 2 is 1.75 bits per heavy atom. The predicted octanol–water partition coefficient (Wildman–Crippen LogP) is 4.64. The Morgan fingerprint density at radius 3 is 2.32 bits per heavy atom. The van der Waals surface area contributed by atoms with Gasteiger partial charge in [0.25, 0.3) is 5.91 Å². The third-order valence-electron chi connectivity index (χ3n) is 3.97. The van der Waals surface area contributed by atoms with Gasteiger partial charge >= 0.3 is 6.18 Å². The fourth-order valence-electron chi connectivity index (χ4n) is 2.53. The number of alkyl halides is 3. The first-order valence-electron chi connectivity index (χ1n) is 8.29. The lowest BCUT2D eigenvalue weighted by atomic mass is 10.1. The van der Waals surface area contributed by atoms with E-state index < -0.39 is 32.7 Å². The Labute approximate surface area is 166 Å². The number of anilines is 1. The van der Waals surface area contributed by atoms with Crippen LogP contribution in [0.25, 0.3) is 0 Å². The van der Waals surface area contributed by atoms with E-state index in [9.17, 15) is 26.4 Å². The Balaban J connectivity index is 2.32. The van der Waals surface area contributed by atoms with E-state index in [0.717, 1.165) is 12.1 Å². The number of carbonyl (C=O) groups is 1. The number of hydrogen-bond acceptors (Lipinski definition) is 3. The summed E-state index contributed by atoms with van der Waals surface area (Å²) in [6.45, 7) is 3.91. The van der Waals surface area contributed by atoms with Crippen LogP contribution in [0.15, 0.2) is 47.4 Å². The molecule has 152 valence electrons. The van der Waals surface area contributed by atoms with Crippen molar-refractivity contribution in [2.75, 3.05) is 18.4 Å². The molecule has 0 saturated heterocycles. The first kappa shape index (κ1) is 22.2. The van der Waals surface area contributed by atoms with Gasteiger partial charge in [0, 0.05) is 24.3 Å². The van der Waals surface area contributed by atoms with Gasteiger partial charge in [0.15, 0.2) is 0 Å². The van der Waals surface area contributed by atoms with E-state index >= 15 is 0 Å². The summed E-state index contributed by atoms with van der Waals surface area (Å²) < 4.78 is 65.2. The SMILES string of the molecule is CCN(CC)S(=O)(=O)c1cccc(C(=O)Nc2ccc(Cl)c(C(F)(F)F)c2)c1. The lowest BCUT2D eigenvalue weighted by Crippen LogP contribution is -2.30. The van der Waals surface area contributed by atoms with Crippen molar-refractivity contribution in [3.63, 3.8) is 0 Å². The van der Waals surface area contributed by atoms with Crippen molar-refractivity contribution in [1.82, 2.24) is 4.31 Å². The molecule has 0 radical (unpaired) electrons. The van der Waals surface area contributed by atoms with Crippen LogP contribution in [0.2, 0.25) is 5.02 Å². The van der Waals surface area contributed by atoms with Crippen molar-refractivity contribution in [3.8, 4) is 0 Å². The van der Waals surface area contributed by atoms with Gasteiger partial charge in [0.2, 0.25) is 10.0 Å². The van der Waals surface area contributed by atoms with Crippen LogP contribution < -0.4 is 5.32 Å². The van der Waals surface area contributed by atoms with Crippen molar-refractivity contribution < 1.29 is 26.4 Å². The van der Waals surface area contributed by atoms with Crippen molar-refractivity contribution >= 4 is 33.2 Å². The molecule has 0 unspecified atom stereocenters. The molecular formula is C18H18ClF3N2O3S. The molecule has 0 heterocycles. The third kappa shape index (κ3) is 4.84. The molecule has 0 fully saturated rings. The predicted molar refractivity (Wildman–Crippen MR) is 101 cm³/mol. The molecule has 0 spiro atoms. The van der Waals surface area contributed by atoms with Gasteiger partial charge in [0.05, 0.1) is 15.5 Å². The summed E-state index contributed by atoms with van der Waals surface area (Å²) in [4.78, 5) is 12.3. The minimum atomic E-state index is -4.67. The van der Waals surface area contributed by atoms with Gasteiger partial charge in [-0.1, -0.05) is 31.5 Å². The molecule has 0 aromatic heterocycles. The average Bonchev–Trinajstić information content (AvgIpc) is 2.63. The highest BCUT2D eigenvalue weighted by atomic mass is 35.5. The molecule has 5 nitrogen and oxygen atoms in total. The molecule has 1 amide bonds. The van der Waals surface area contributed by atoms with Gasteiger partial charge in [-0.15, -0.1) is 0 Å². The van der Waals surface area contributed by atoms with Crippen LogP contribution in [0, 0.1) is 0 Å². The van der Waals surface area contributed by atoms with E-state index in [1.165, 1.54) is 34.6 Å². The second kappa shape index (κ2) is 8.50. The molecule has 0 aliphatic rings. The Kier molecular flexibility index (Phi) is 6.74. The molecule has 28 heavy (non-hydrogen) atoms. The van der Waals surface area contributed by atoms with E-state index in [1.54, 1.807) is 13.8 Å². The van der Waals surface area contributed by atoms with E-state index in [2.05, 4.69) is 5.32 Å². The van der Waals surface area contributed by atoms with Gasteiger partial charge in [-0.25, -0.2) is 8.42 Å². The third-order valence-corrected chi connectivity index (χ3v) is 6.34. The number of sulfonamides is 1. The van der Waals surface area contributed by atoms with Crippen LogP contribution in [0.3, 0.4) is 0 Å². The number of nitrogens with zero attached hydrogens (tertiary/aromatic N) is 1. The molecule has 1 N–H and O–H groups in total. The van der Waals surface area contributed by atoms with Gasteiger partial charge < -0.3 is 5.32 Å². The van der Waals surface area contributed by atoms with E-state index in [1.807, 2.05) is 0 Å². The van der Waals surface area contributed by atoms with E-state index in [4.69, 9.17) is 11.6 Å². The first-order chi connectivity index (χ1) is 13.0. The molecule has 2 aromatic rings. The van der Waals surface area contributed by atoms with Crippen LogP contribution >= 0.6 is 11.6 Å². The normalized spacial score (nSPS) is 12.2. The number of benzene rings is 2. The van der Waals surface area contributed by atoms with Crippen molar-refractivity contribution in [2.45, 2.75) is 24.9 Å². The van der Waals surface area contributed by atoms with Crippen molar-refractivity contribution in [1.29, 1.82) is 0 Å². The van der Waals surface area contributed by atoms with E-state index in [0.29, 0.717) is 0 Å². The first-order valence-corrected chi connectivity index (χ1v) is 10.1. The zero-order chi connectivity index (χ0) is 21.1. The molecule has 0 saturated carbocycles. The van der Waals surface area contributed by atoms with Gasteiger partial charge in [0.1, 0.15) is 0 Å². The zero-order valence-corrected chi connectivity index (χ0v) is 16.6. The van der Waals surface area contributed by atoms with Crippen LogP contribution in [0.5, 0.6) is 0 Å². The quantitative estimate of drug-likeness (QED) is 0.720. The fraction of sp³-hybridized carbons (Fsp3) is 0.278. The fourth-order valence-corrected chi connectivity index (χ4v) is 4.26. The van der Waals surface area contributed by atoms with Crippen LogP contribution in [-0.2, 0) is 16.2 Å². The Bertz CT molecular complexity index is 974. The molecule has 0 atom stereocenters.